The van der Waals surface area contributed by atoms with Gasteiger partial charge in [-0.3, -0.25) is 4.79 Å². The van der Waals surface area contributed by atoms with E-state index in [1.165, 1.54) is 6.08 Å². The first-order valence-corrected chi connectivity index (χ1v) is 10.0. The first-order valence-electron chi connectivity index (χ1n) is 10.0. The standard InChI is InChI=1S/C26H27NO3/c1-20-16-21(2)18-25(17-20)29-15-14-27-26(28)13-10-22-8-11-24(12-9-22)30-19-23-6-4-3-5-7-23/h3-13,16-18H,14-15,19H2,1-2H3,(H,27,28)/b13-10+. The van der Waals surface area contributed by atoms with Gasteiger partial charge in [0.05, 0.1) is 6.54 Å². The van der Waals surface area contributed by atoms with Gasteiger partial charge in [-0.05, 0) is 66.4 Å². The Labute approximate surface area is 178 Å². The molecule has 0 unspecified atom stereocenters. The Bertz CT molecular complexity index is 959. The van der Waals surface area contributed by atoms with Gasteiger partial charge in [0.25, 0.3) is 0 Å². The second-order valence-electron chi connectivity index (χ2n) is 7.14. The van der Waals surface area contributed by atoms with Gasteiger partial charge >= 0.3 is 0 Å². The average molecular weight is 402 g/mol. The van der Waals surface area contributed by atoms with E-state index in [9.17, 15) is 4.79 Å². The molecule has 0 heterocycles. The van der Waals surface area contributed by atoms with E-state index < -0.39 is 0 Å². The van der Waals surface area contributed by atoms with E-state index in [1.54, 1.807) is 6.08 Å². The van der Waals surface area contributed by atoms with Crippen LogP contribution in [-0.4, -0.2) is 19.1 Å². The fraction of sp³-hybridized carbons (Fsp3) is 0.192. The molecule has 3 rings (SSSR count). The van der Waals surface area contributed by atoms with Crippen molar-refractivity contribution >= 4 is 12.0 Å². The number of carbonyl (C=O) groups excluding carboxylic acids is 1. The van der Waals surface area contributed by atoms with Crippen LogP contribution in [0, 0.1) is 13.8 Å². The smallest absolute Gasteiger partial charge is 0.244 e. The summed E-state index contributed by atoms with van der Waals surface area (Å²) in [7, 11) is 0. The first kappa shape index (κ1) is 21.2. The van der Waals surface area contributed by atoms with E-state index in [4.69, 9.17) is 9.47 Å². The van der Waals surface area contributed by atoms with Gasteiger partial charge in [-0.1, -0.05) is 48.5 Å². The molecule has 0 aliphatic heterocycles. The zero-order valence-corrected chi connectivity index (χ0v) is 17.4. The molecule has 0 bridgehead atoms. The van der Waals surface area contributed by atoms with Crippen LogP contribution in [0.15, 0.2) is 78.9 Å². The lowest BCUT2D eigenvalue weighted by molar-refractivity contribution is -0.116. The Morgan fingerprint density at radius 3 is 2.27 bits per heavy atom. The minimum Gasteiger partial charge on any atom is -0.492 e. The predicted octanol–water partition coefficient (Wildman–Crippen LogP) is 5.09. The lowest BCUT2D eigenvalue weighted by Crippen LogP contribution is -2.26. The van der Waals surface area contributed by atoms with Crippen LogP contribution >= 0.6 is 0 Å². The molecule has 4 nitrogen and oxygen atoms in total. The van der Waals surface area contributed by atoms with Crippen LogP contribution in [0.5, 0.6) is 11.5 Å². The predicted molar refractivity (Wildman–Crippen MR) is 121 cm³/mol. The second kappa shape index (κ2) is 10.9. The van der Waals surface area contributed by atoms with Gasteiger partial charge in [0.15, 0.2) is 0 Å². The summed E-state index contributed by atoms with van der Waals surface area (Å²) in [5.74, 6) is 1.47. The van der Waals surface area contributed by atoms with Crippen molar-refractivity contribution in [3.8, 4) is 11.5 Å². The topological polar surface area (TPSA) is 47.6 Å². The molecule has 0 atom stereocenters. The minimum atomic E-state index is -0.150. The highest BCUT2D eigenvalue weighted by Crippen LogP contribution is 2.16. The number of amides is 1. The van der Waals surface area contributed by atoms with E-state index in [-0.39, 0.29) is 5.91 Å². The van der Waals surface area contributed by atoms with Gasteiger partial charge in [-0.2, -0.15) is 0 Å². The molecule has 1 amide bonds. The third-order valence-electron chi connectivity index (χ3n) is 4.42. The van der Waals surface area contributed by atoms with E-state index in [0.29, 0.717) is 19.8 Å². The summed E-state index contributed by atoms with van der Waals surface area (Å²) in [5, 5.41) is 2.83. The average Bonchev–Trinajstić information content (AvgIpc) is 2.75. The van der Waals surface area contributed by atoms with Crippen molar-refractivity contribution in [2.45, 2.75) is 20.5 Å². The van der Waals surface area contributed by atoms with E-state index in [0.717, 1.165) is 33.8 Å². The highest BCUT2D eigenvalue weighted by molar-refractivity contribution is 5.91. The number of ether oxygens (including phenoxy) is 2. The molecule has 4 heteroatoms. The quantitative estimate of drug-likeness (QED) is 0.401. The van der Waals surface area contributed by atoms with Crippen molar-refractivity contribution < 1.29 is 14.3 Å². The highest BCUT2D eigenvalue weighted by atomic mass is 16.5. The number of nitrogens with one attached hydrogen (secondary N) is 1. The third-order valence-corrected chi connectivity index (χ3v) is 4.42. The number of hydrogen-bond donors (Lipinski definition) is 1. The molecule has 3 aromatic carbocycles. The summed E-state index contributed by atoms with van der Waals surface area (Å²) < 4.78 is 11.5. The number of carbonyl (C=O) groups is 1. The highest BCUT2D eigenvalue weighted by Gasteiger charge is 1.99. The van der Waals surface area contributed by atoms with Gasteiger partial charge in [0.2, 0.25) is 5.91 Å². The zero-order chi connectivity index (χ0) is 21.2. The summed E-state index contributed by atoms with van der Waals surface area (Å²) in [6, 6.07) is 23.8. The lowest BCUT2D eigenvalue weighted by Gasteiger charge is -2.08. The normalized spacial score (nSPS) is 10.7. The fourth-order valence-corrected chi connectivity index (χ4v) is 3.01. The van der Waals surface area contributed by atoms with Crippen molar-refractivity contribution in [1.82, 2.24) is 5.32 Å². The monoisotopic (exact) mass is 401 g/mol. The van der Waals surface area contributed by atoms with Gasteiger partial charge in [0, 0.05) is 6.08 Å². The molecular weight excluding hydrogens is 374 g/mol. The molecule has 0 radical (unpaired) electrons. The van der Waals surface area contributed by atoms with Crippen molar-refractivity contribution in [1.29, 1.82) is 0 Å². The Kier molecular flexibility index (Phi) is 7.67. The van der Waals surface area contributed by atoms with Crippen molar-refractivity contribution in [3.63, 3.8) is 0 Å². The minimum absolute atomic E-state index is 0.150. The van der Waals surface area contributed by atoms with Gasteiger partial charge in [-0.25, -0.2) is 0 Å². The SMILES string of the molecule is Cc1cc(C)cc(OCCNC(=O)/C=C/c2ccc(OCc3ccccc3)cc2)c1. The lowest BCUT2D eigenvalue weighted by atomic mass is 10.1. The molecule has 154 valence electrons. The van der Waals surface area contributed by atoms with Crippen LogP contribution in [0.25, 0.3) is 6.08 Å². The van der Waals surface area contributed by atoms with Crippen molar-refractivity contribution in [2.75, 3.05) is 13.2 Å². The summed E-state index contributed by atoms with van der Waals surface area (Å²) in [6.45, 7) is 5.48. The Morgan fingerprint density at radius 2 is 1.57 bits per heavy atom. The van der Waals surface area contributed by atoms with Gasteiger partial charge < -0.3 is 14.8 Å². The van der Waals surface area contributed by atoms with Crippen LogP contribution < -0.4 is 14.8 Å². The van der Waals surface area contributed by atoms with E-state index in [1.807, 2.05) is 80.6 Å². The molecular formula is C26H27NO3. The van der Waals surface area contributed by atoms with Crippen molar-refractivity contribution in [3.05, 3.63) is 101 Å². The molecule has 0 aromatic heterocycles. The molecule has 0 saturated heterocycles. The number of benzene rings is 3. The zero-order valence-electron chi connectivity index (χ0n) is 17.4. The molecule has 0 aliphatic rings. The van der Waals surface area contributed by atoms with Gasteiger partial charge in [0.1, 0.15) is 24.7 Å². The largest absolute Gasteiger partial charge is 0.492 e. The van der Waals surface area contributed by atoms with Crippen LogP contribution in [0.1, 0.15) is 22.3 Å². The Morgan fingerprint density at radius 1 is 0.867 bits per heavy atom. The third kappa shape index (κ3) is 7.13. The number of hydrogen-bond acceptors (Lipinski definition) is 3. The number of rotatable bonds is 9. The Balaban J connectivity index is 1.38. The summed E-state index contributed by atoms with van der Waals surface area (Å²) in [4.78, 5) is 12.0. The Hall–Kier alpha value is -3.53. The molecule has 30 heavy (non-hydrogen) atoms. The van der Waals surface area contributed by atoms with Crippen LogP contribution in [-0.2, 0) is 11.4 Å². The van der Waals surface area contributed by atoms with Crippen LogP contribution in [0.2, 0.25) is 0 Å². The van der Waals surface area contributed by atoms with Crippen LogP contribution in [0.3, 0.4) is 0 Å². The summed E-state index contributed by atoms with van der Waals surface area (Å²) in [5.41, 5.74) is 4.38. The van der Waals surface area contributed by atoms with Gasteiger partial charge in [-0.15, -0.1) is 0 Å². The first-order chi connectivity index (χ1) is 14.6. The summed E-state index contributed by atoms with van der Waals surface area (Å²) in [6.07, 6.45) is 3.30. The fourth-order valence-electron chi connectivity index (χ4n) is 3.01. The maximum Gasteiger partial charge on any atom is 0.244 e. The molecule has 1 N–H and O–H groups in total. The number of aryl methyl sites for hydroxylation is 2. The molecule has 0 aliphatic carbocycles. The summed E-state index contributed by atoms with van der Waals surface area (Å²) >= 11 is 0. The second-order valence-corrected chi connectivity index (χ2v) is 7.14. The molecule has 0 spiro atoms. The maximum absolute atomic E-state index is 12.0. The molecule has 0 saturated carbocycles. The maximum atomic E-state index is 12.0. The van der Waals surface area contributed by atoms with E-state index >= 15 is 0 Å². The molecule has 0 fully saturated rings. The van der Waals surface area contributed by atoms with E-state index in [2.05, 4.69) is 11.4 Å². The van der Waals surface area contributed by atoms with Crippen molar-refractivity contribution in [2.24, 2.45) is 0 Å². The van der Waals surface area contributed by atoms with Crippen LogP contribution in [0.4, 0.5) is 0 Å². The molecule has 3 aromatic rings.